The van der Waals surface area contributed by atoms with Crippen LogP contribution in [0.1, 0.15) is 54.7 Å². The van der Waals surface area contributed by atoms with Crippen LogP contribution in [-0.4, -0.2) is 39.7 Å². The fraction of sp³-hybridized carbons (Fsp3) is 0.476. The van der Waals surface area contributed by atoms with Crippen LogP contribution in [0.2, 0.25) is 0 Å². The Balaban J connectivity index is 1.92. The Labute approximate surface area is 165 Å². The lowest BCUT2D eigenvalue weighted by atomic mass is 9.89. The minimum absolute atomic E-state index is 0.0542. The number of hydrogen-bond acceptors (Lipinski definition) is 4. The zero-order valence-electron chi connectivity index (χ0n) is 16.2. The maximum absolute atomic E-state index is 12.9. The van der Waals surface area contributed by atoms with Gasteiger partial charge < -0.3 is 9.47 Å². The van der Waals surface area contributed by atoms with Crippen molar-refractivity contribution < 1.29 is 4.79 Å². The predicted octanol–water partition coefficient (Wildman–Crippen LogP) is 4.43. The number of carbonyl (C=O) groups excluding carboxylic acids is 1. The highest BCUT2D eigenvalue weighted by Crippen LogP contribution is 2.38. The molecule has 0 N–H and O–H groups in total. The number of nitrogens with zero attached hydrogens (tertiary/aromatic N) is 4. The molecule has 1 heterocycles. The van der Waals surface area contributed by atoms with Crippen LogP contribution in [0.15, 0.2) is 48.1 Å². The number of likely N-dealkylation sites (N-methyl/N-ethyl adjacent to an activating group) is 1. The largest absolute Gasteiger partial charge is 0.348 e. The van der Waals surface area contributed by atoms with Crippen LogP contribution < -0.4 is 0 Å². The monoisotopic (exact) mass is 384 g/mol. The molecule has 1 amide bonds. The molecule has 1 saturated carbocycles. The number of benzene rings is 1. The molecule has 6 heteroatoms. The van der Waals surface area contributed by atoms with Crippen molar-refractivity contribution in [3.05, 3.63) is 54.4 Å². The predicted molar refractivity (Wildman–Crippen MR) is 110 cm³/mol. The number of amides is 1. The SMILES string of the molecule is C=CCn1c(SC(C(=O)N(C)C)c2ccccc2)nnc1C1CCCCC1. The Morgan fingerprint density at radius 1 is 1.26 bits per heavy atom. The first-order valence-corrected chi connectivity index (χ1v) is 10.5. The van der Waals surface area contributed by atoms with E-state index >= 15 is 0 Å². The van der Waals surface area contributed by atoms with Gasteiger partial charge in [-0.25, -0.2) is 0 Å². The van der Waals surface area contributed by atoms with Crippen LogP contribution in [0.5, 0.6) is 0 Å². The van der Waals surface area contributed by atoms with Crippen molar-refractivity contribution in [2.45, 2.75) is 55.0 Å². The average molecular weight is 385 g/mol. The fourth-order valence-corrected chi connectivity index (χ4v) is 4.78. The van der Waals surface area contributed by atoms with Gasteiger partial charge in [-0.05, 0) is 18.4 Å². The van der Waals surface area contributed by atoms with Gasteiger partial charge in [0.1, 0.15) is 11.1 Å². The lowest BCUT2D eigenvalue weighted by Gasteiger charge is -2.23. The first-order chi connectivity index (χ1) is 13.1. The normalized spacial score (nSPS) is 16.1. The first-order valence-electron chi connectivity index (χ1n) is 9.58. The van der Waals surface area contributed by atoms with Crippen molar-refractivity contribution in [3.8, 4) is 0 Å². The quantitative estimate of drug-likeness (QED) is 0.523. The number of thioether (sulfide) groups is 1. The van der Waals surface area contributed by atoms with E-state index in [1.807, 2.05) is 36.4 Å². The van der Waals surface area contributed by atoms with Crippen molar-refractivity contribution in [2.24, 2.45) is 0 Å². The van der Waals surface area contributed by atoms with E-state index in [2.05, 4.69) is 21.3 Å². The van der Waals surface area contributed by atoms with Crippen molar-refractivity contribution >= 4 is 17.7 Å². The van der Waals surface area contributed by atoms with Crippen LogP contribution in [0.25, 0.3) is 0 Å². The molecule has 1 fully saturated rings. The molecule has 1 aliphatic rings. The summed E-state index contributed by atoms with van der Waals surface area (Å²) in [6, 6.07) is 9.89. The third kappa shape index (κ3) is 4.61. The molecular formula is C21H28N4OS. The molecule has 0 radical (unpaired) electrons. The lowest BCUT2D eigenvalue weighted by molar-refractivity contribution is -0.128. The molecular weight excluding hydrogens is 356 g/mol. The van der Waals surface area contributed by atoms with Gasteiger partial charge in [-0.1, -0.05) is 67.4 Å². The zero-order chi connectivity index (χ0) is 19.2. The van der Waals surface area contributed by atoms with Crippen molar-refractivity contribution in [1.29, 1.82) is 0 Å². The molecule has 5 nitrogen and oxygen atoms in total. The second-order valence-electron chi connectivity index (χ2n) is 7.22. The molecule has 27 heavy (non-hydrogen) atoms. The highest BCUT2D eigenvalue weighted by molar-refractivity contribution is 8.00. The molecule has 1 unspecified atom stereocenters. The van der Waals surface area contributed by atoms with Crippen LogP contribution in [0, 0.1) is 0 Å². The van der Waals surface area contributed by atoms with Gasteiger partial charge in [-0.3, -0.25) is 4.79 Å². The van der Waals surface area contributed by atoms with E-state index in [9.17, 15) is 4.79 Å². The molecule has 1 aromatic carbocycles. The summed E-state index contributed by atoms with van der Waals surface area (Å²) in [5.41, 5.74) is 0.980. The molecule has 0 aliphatic heterocycles. The molecule has 3 rings (SSSR count). The van der Waals surface area contributed by atoms with Gasteiger partial charge in [0, 0.05) is 26.6 Å². The van der Waals surface area contributed by atoms with Gasteiger partial charge in [0.2, 0.25) is 5.91 Å². The van der Waals surface area contributed by atoms with E-state index in [0.717, 1.165) is 16.5 Å². The Morgan fingerprint density at radius 2 is 1.96 bits per heavy atom. The Morgan fingerprint density at radius 3 is 2.59 bits per heavy atom. The van der Waals surface area contributed by atoms with Crippen molar-refractivity contribution in [2.75, 3.05) is 14.1 Å². The second kappa shape index (κ2) is 9.22. The minimum Gasteiger partial charge on any atom is -0.348 e. The summed E-state index contributed by atoms with van der Waals surface area (Å²) in [5, 5.41) is 9.45. The summed E-state index contributed by atoms with van der Waals surface area (Å²) >= 11 is 1.48. The zero-order valence-corrected chi connectivity index (χ0v) is 17.0. The summed E-state index contributed by atoms with van der Waals surface area (Å²) in [4.78, 5) is 14.5. The molecule has 0 bridgehead atoms. The Bertz CT molecular complexity index is 766. The summed E-state index contributed by atoms with van der Waals surface area (Å²) in [6.45, 7) is 4.57. The van der Waals surface area contributed by atoms with E-state index in [1.54, 1.807) is 19.0 Å². The highest BCUT2D eigenvalue weighted by atomic mass is 32.2. The summed E-state index contributed by atoms with van der Waals surface area (Å²) < 4.78 is 2.15. The van der Waals surface area contributed by atoms with Crippen LogP contribution in [-0.2, 0) is 11.3 Å². The fourth-order valence-electron chi connectivity index (χ4n) is 3.58. The number of allylic oxidation sites excluding steroid dienone is 1. The Hall–Kier alpha value is -2.08. The smallest absolute Gasteiger partial charge is 0.240 e. The van der Waals surface area contributed by atoms with E-state index in [4.69, 9.17) is 0 Å². The van der Waals surface area contributed by atoms with Crippen molar-refractivity contribution in [1.82, 2.24) is 19.7 Å². The van der Waals surface area contributed by atoms with Gasteiger partial charge in [0.15, 0.2) is 5.16 Å². The number of rotatable bonds is 7. The van der Waals surface area contributed by atoms with Crippen LogP contribution >= 0.6 is 11.8 Å². The summed E-state index contributed by atoms with van der Waals surface area (Å²) in [6.07, 6.45) is 8.02. The van der Waals surface area contributed by atoms with Crippen LogP contribution in [0.3, 0.4) is 0 Å². The van der Waals surface area contributed by atoms with Gasteiger partial charge in [0.05, 0.1) is 0 Å². The maximum Gasteiger partial charge on any atom is 0.240 e. The third-order valence-electron chi connectivity index (χ3n) is 5.02. The molecule has 1 aliphatic carbocycles. The molecule has 144 valence electrons. The average Bonchev–Trinajstić information content (AvgIpc) is 3.09. The van der Waals surface area contributed by atoms with Crippen molar-refractivity contribution in [3.63, 3.8) is 0 Å². The maximum atomic E-state index is 12.9. The molecule has 1 atom stereocenters. The van der Waals surface area contributed by atoms with Gasteiger partial charge in [-0.15, -0.1) is 16.8 Å². The minimum atomic E-state index is -0.340. The summed E-state index contributed by atoms with van der Waals surface area (Å²) in [7, 11) is 3.58. The summed E-state index contributed by atoms with van der Waals surface area (Å²) in [5.74, 6) is 1.56. The number of carbonyl (C=O) groups is 1. The number of hydrogen-bond donors (Lipinski definition) is 0. The first kappa shape index (κ1) is 19.7. The molecule has 0 saturated heterocycles. The third-order valence-corrected chi connectivity index (χ3v) is 6.24. The molecule has 2 aromatic rings. The van der Waals surface area contributed by atoms with Crippen LogP contribution in [0.4, 0.5) is 0 Å². The van der Waals surface area contributed by atoms with E-state index in [-0.39, 0.29) is 11.2 Å². The van der Waals surface area contributed by atoms with E-state index < -0.39 is 0 Å². The standard InChI is InChI=1S/C21H28N4OS/c1-4-15-25-19(17-13-9-6-10-14-17)22-23-21(25)27-18(20(26)24(2)3)16-11-7-5-8-12-16/h4-5,7-8,11-12,17-18H,1,6,9-10,13-15H2,2-3H3. The molecule has 1 aromatic heterocycles. The van der Waals surface area contributed by atoms with Gasteiger partial charge in [0.25, 0.3) is 0 Å². The molecule has 0 spiro atoms. The topological polar surface area (TPSA) is 51.0 Å². The lowest BCUT2D eigenvalue weighted by Crippen LogP contribution is -2.27. The van der Waals surface area contributed by atoms with Gasteiger partial charge in [-0.2, -0.15) is 0 Å². The van der Waals surface area contributed by atoms with E-state index in [0.29, 0.717) is 12.5 Å². The van der Waals surface area contributed by atoms with Gasteiger partial charge >= 0.3 is 0 Å². The number of aromatic nitrogens is 3. The highest BCUT2D eigenvalue weighted by Gasteiger charge is 2.28. The Kier molecular flexibility index (Phi) is 6.72. The second-order valence-corrected chi connectivity index (χ2v) is 8.29. The van der Waals surface area contributed by atoms with E-state index in [1.165, 1.54) is 43.9 Å².